The van der Waals surface area contributed by atoms with Gasteiger partial charge < -0.3 is 4.74 Å². The molecule has 0 atom stereocenters. The molecule has 1 aromatic rings. The minimum atomic E-state index is 0.380. The van der Waals surface area contributed by atoms with E-state index >= 15 is 0 Å². The Balaban J connectivity index is 1.71. The maximum atomic E-state index is 5.56. The Kier molecular flexibility index (Phi) is 16.3. The lowest BCUT2D eigenvalue weighted by molar-refractivity contribution is 0.0800. The normalized spacial score (nSPS) is 10.9. The highest BCUT2D eigenvalue weighted by Crippen LogP contribution is 2.13. The van der Waals surface area contributed by atoms with E-state index in [-0.39, 0.29) is 0 Å². The molecule has 0 saturated carbocycles. The minimum Gasteiger partial charge on any atom is -0.379 e. The Labute approximate surface area is 170 Å². The van der Waals surface area contributed by atoms with E-state index in [1.54, 1.807) is 11.3 Å². The van der Waals surface area contributed by atoms with E-state index in [1.807, 2.05) is 0 Å². The fraction of sp³-hybridized carbons (Fsp3) is 0.739. The monoisotopic (exact) mass is 394 g/mol. The molecule has 1 heterocycles. The number of hydrogen-bond acceptors (Lipinski definition) is 3. The zero-order valence-corrected chi connectivity index (χ0v) is 18.6. The molecule has 3 heteroatoms. The van der Waals surface area contributed by atoms with Crippen molar-refractivity contribution in [2.75, 3.05) is 18.1 Å². The maximum absolute atomic E-state index is 5.56. The number of thiophene rings is 1. The second-order valence-electron chi connectivity index (χ2n) is 7.10. The molecule has 148 valence electrons. The summed E-state index contributed by atoms with van der Waals surface area (Å²) in [6, 6.07) is 4.16. The first kappa shape index (κ1) is 23.6. The highest BCUT2D eigenvalue weighted by molar-refractivity contribution is 7.99. The van der Waals surface area contributed by atoms with E-state index in [2.05, 4.69) is 55.0 Å². The van der Waals surface area contributed by atoms with Crippen LogP contribution in [-0.2, 0) is 4.74 Å². The number of thioether (sulfide) groups is 1. The van der Waals surface area contributed by atoms with Crippen molar-refractivity contribution in [1.29, 1.82) is 0 Å². The van der Waals surface area contributed by atoms with Crippen LogP contribution in [0.25, 0.3) is 0 Å². The fourth-order valence-corrected chi connectivity index (χ4v) is 4.26. The van der Waals surface area contributed by atoms with Crippen LogP contribution in [-0.4, -0.2) is 24.2 Å². The van der Waals surface area contributed by atoms with Gasteiger partial charge in [0.05, 0.1) is 11.0 Å². The lowest BCUT2D eigenvalue weighted by Crippen LogP contribution is -2.04. The molecule has 0 spiro atoms. The highest BCUT2D eigenvalue weighted by atomic mass is 32.2. The van der Waals surface area contributed by atoms with Crippen LogP contribution in [0, 0.1) is 11.8 Å². The van der Waals surface area contributed by atoms with E-state index in [1.165, 1.54) is 80.6 Å². The van der Waals surface area contributed by atoms with E-state index in [9.17, 15) is 0 Å². The molecule has 1 rings (SSSR count). The van der Waals surface area contributed by atoms with Crippen molar-refractivity contribution >= 4 is 23.1 Å². The zero-order valence-electron chi connectivity index (χ0n) is 16.9. The van der Waals surface area contributed by atoms with Crippen molar-refractivity contribution < 1.29 is 4.74 Å². The first-order chi connectivity index (χ1) is 12.8. The first-order valence-electron chi connectivity index (χ1n) is 10.5. The third-order valence-corrected chi connectivity index (χ3v) is 6.15. The van der Waals surface area contributed by atoms with Crippen LogP contribution in [0.4, 0.5) is 0 Å². The molecule has 0 fully saturated rings. The largest absolute Gasteiger partial charge is 0.379 e. The van der Waals surface area contributed by atoms with Gasteiger partial charge in [-0.25, -0.2) is 0 Å². The second-order valence-corrected chi connectivity index (χ2v) is 9.27. The Morgan fingerprint density at radius 1 is 0.923 bits per heavy atom. The van der Waals surface area contributed by atoms with Crippen LogP contribution in [0.1, 0.15) is 89.4 Å². The van der Waals surface area contributed by atoms with Gasteiger partial charge in [0, 0.05) is 13.0 Å². The van der Waals surface area contributed by atoms with E-state index in [4.69, 9.17) is 4.74 Å². The van der Waals surface area contributed by atoms with Crippen LogP contribution < -0.4 is 0 Å². The average molecular weight is 395 g/mol. The van der Waals surface area contributed by atoms with Crippen LogP contribution in [0.5, 0.6) is 0 Å². The molecular formula is C23H38OS2. The molecule has 1 aromatic heterocycles. The molecule has 1 nitrogen and oxygen atoms in total. The zero-order chi connectivity index (χ0) is 18.7. The third kappa shape index (κ3) is 15.8. The second kappa shape index (κ2) is 18.0. The van der Waals surface area contributed by atoms with Crippen molar-refractivity contribution in [2.45, 2.75) is 90.6 Å². The summed E-state index contributed by atoms with van der Waals surface area (Å²) in [4.78, 5) is 1.20. The molecule has 0 aliphatic rings. The molecule has 0 aliphatic carbocycles. The van der Waals surface area contributed by atoms with E-state index in [0.717, 1.165) is 13.0 Å². The lowest BCUT2D eigenvalue weighted by Gasteiger charge is -2.06. The molecule has 0 radical (unpaired) electrons. The molecule has 0 unspecified atom stereocenters. The summed E-state index contributed by atoms with van der Waals surface area (Å²) in [5.74, 6) is 9.11. The van der Waals surface area contributed by atoms with Gasteiger partial charge in [-0.2, -0.15) is 11.8 Å². The van der Waals surface area contributed by atoms with Crippen molar-refractivity contribution in [1.82, 2.24) is 0 Å². The summed E-state index contributed by atoms with van der Waals surface area (Å²) < 4.78 is 5.56. The smallest absolute Gasteiger partial charge is 0.0768 e. The van der Waals surface area contributed by atoms with Crippen molar-refractivity contribution in [3.05, 3.63) is 22.4 Å². The maximum Gasteiger partial charge on any atom is 0.0768 e. The molecule has 26 heavy (non-hydrogen) atoms. The van der Waals surface area contributed by atoms with Crippen LogP contribution in [0.3, 0.4) is 0 Å². The first-order valence-corrected chi connectivity index (χ1v) is 12.5. The molecule has 0 saturated heterocycles. The summed E-state index contributed by atoms with van der Waals surface area (Å²) in [7, 11) is 0. The van der Waals surface area contributed by atoms with Gasteiger partial charge in [-0.15, -0.1) is 11.3 Å². The number of rotatable bonds is 16. The van der Waals surface area contributed by atoms with Crippen LogP contribution in [0.15, 0.2) is 17.5 Å². The Bertz CT molecular complexity index is 456. The minimum absolute atomic E-state index is 0.380. The lowest BCUT2D eigenvalue weighted by atomic mass is 10.1. The quantitative estimate of drug-likeness (QED) is 0.211. The number of ether oxygens (including phenoxy) is 1. The summed E-state index contributed by atoms with van der Waals surface area (Å²) in [6.07, 6.45) is 15.1. The van der Waals surface area contributed by atoms with Crippen molar-refractivity contribution in [3.63, 3.8) is 0 Å². The van der Waals surface area contributed by atoms with Gasteiger partial charge in [-0.05, 0) is 56.1 Å². The van der Waals surface area contributed by atoms with Gasteiger partial charge in [0.1, 0.15) is 0 Å². The Morgan fingerprint density at radius 2 is 1.58 bits per heavy atom. The summed E-state index contributed by atoms with van der Waals surface area (Å²) in [6.45, 7) is 5.14. The standard InChI is InChI=1S/C23H38OS2/c1-22(2)24-18-15-20-25-19-13-11-9-7-5-3-4-6-8-10-12-16-23-17-14-21-26-23/h14,17,21-22H,3-11,13,15,18-20H2,1-2H3. The number of hydrogen-bond donors (Lipinski definition) is 0. The van der Waals surface area contributed by atoms with Crippen LogP contribution in [0.2, 0.25) is 0 Å². The van der Waals surface area contributed by atoms with Gasteiger partial charge in [0.2, 0.25) is 0 Å². The van der Waals surface area contributed by atoms with Gasteiger partial charge in [0.15, 0.2) is 0 Å². The van der Waals surface area contributed by atoms with Crippen LogP contribution >= 0.6 is 23.1 Å². The average Bonchev–Trinajstić information content (AvgIpc) is 3.14. The van der Waals surface area contributed by atoms with Crippen molar-refractivity contribution in [3.8, 4) is 11.8 Å². The Morgan fingerprint density at radius 3 is 2.23 bits per heavy atom. The topological polar surface area (TPSA) is 9.23 Å². The predicted molar refractivity (Wildman–Crippen MR) is 120 cm³/mol. The fourth-order valence-electron chi connectivity index (χ4n) is 2.74. The molecular weight excluding hydrogens is 356 g/mol. The number of unbranched alkanes of at least 4 members (excludes halogenated alkanes) is 9. The van der Waals surface area contributed by atoms with Crippen molar-refractivity contribution in [2.24, 2.45) is 0 Å². The molecule has 0 aromatic carbocycles. The molecule has 0 N–H and O–H groups in total. The van der Waals surface area contributed by atoms with E-state index in [0.29, 0.717) is 6.10 Å². The predicted octanol–water partition coefficient (Wildman–Crippen LogP) is 7.55. The molecule has 0 aliphatic heterocycles. The van der Waals surface area contributed by atoms with E-state index < -0.39 is 0 Å². The summed E-state index contributed by atoms with van der Waals surface area (Å²) in [5, 5.41) is 2.09. The van der Waals surface area contributed by atoms with Gasteiger partial charge >= 0.3 is 0 Å². The van der Waals surface area contributed by atoms with Gasteiger partial charge in [-0.3, -0.25) is 0 Å². The molecule has 0 bridgehead atoms. The highest BCUT2D eigenvalue weighted by Gasteiger charge is 1.95. The third-order valence-electron chi connectivity index (χ3n) is 4.21. The SMILES string of the molecule is CC(C)OCCCSCCCCCCCCCCCC#Cc1cccs1. The molecule has 0 amide bonds. The van der Waals surface area contributed by atoms with Gasteiger partial charge in [-0.1, -0.05) is 62.9 Å². The Hall–Kier alpha value is -0.430. The summed E-state index contributed by atoms with van der Waals surface area (Å²) in [5.41, 5.74) is 0. The van der Waals surface area contributed by atoms with Gasteiger partial charge in [0.25, 0.3) is 0 Å². The summed E-state index contributed by atoms with van der Waals surface area (Å²) >= 11 is 3.83.